The number of fused-ring (bicyclic) bond motifs is 1. The van der Waals surface area contributed by atoms with Crippen LogP contribution in [0.5, 0.6) is 11.8 Å². The molecule has 162 valence electrons. The molecular weight excluding hydrogens is 405 g/mol. The van der Waals surface area contributed by atoms with Crippen LogP contribution in [0.25, 0.3) is 0 Å². The first-order chi connectivity index (χ1) is 14.1. The van der Waals surface area contributed by atoms with Crippen LogP contribution in [0.15, 0.2) is 30.5 Å². The zero-order valence-corrected chi connectivity index (χ0v) is 16.3. The molecule has 4 rings (SSSR count). The number of aromatic nitrogens is 2. The topological polar surface area (TPSA) is 82.7 Å². The number of halogens is 3. The van der Waals surface area contributed by atoms with Gasteiger partial charge in [0.2, 0.25) is 0 Å². The van der Waals surface area contributed by atoms with Crippen LogP contribution < -0.4 is 9.47 Å². The maximum atomic E-state index is 12.3. The number of ether oxygens (including phenoxy) is 2. The van der Waals surface area contributed by atoms with Crippen molar-refractivity contribution in [3.8, 4) is 11.8 Å². The first kappa shape index (κ1) is 20.5. The molecule has 0 bridgehead atoms. The van der Waals surface area contributed by atoms with Gasteiger partial charge in [-0.1, -0.05) is 12.1 Å². The Morgan fingerprint density at radius 1 is 1.30 bits per heavy atom. The van der Waals surface area contributed by atoms with Crippen molar-refractivity contribution >= 4 is 5.82 Å². The number of imidazole rings is 1. The molecule has 0 unspecified atom stereocenters. The Morgan fingerprint density at radius 2 is 1.97 bits per heavy atom. The number of nitrogens with zero attached hydrogens (tertiary/aromatic N) is 4. The van der Waals surface area contributed by atoms with E-state index in [1.807, 2.05) is 6.92 Å². The summed E-state index contributed by atoms with van der Waals surface area (Å²) >= 11 is 0. The van der Waals surface area contributed by atoms with E-state index in [4.69, 9.17) is 4.74 Å². The van der Waals surface area contributed by atoms with Crippen molar-refractivity contribution in [2.24, 2.45) is 0 Å². The van der Waals surface area contributed by atoms with Gasteiger partial charge in [-0.3, -0.25) is 9.47 Å². The fraction of sp³-hybridized carbons (Fsp3) is 0.526. The van der Waals surface area contributed by atoms with E-state index in [0.29, 0.717) is 13.1 Å². The van der Waals surface area contributed by atoms with E-state index < -0.39 is 16.9 Å². The molecule has 0 N–H and O–H groups in total. The zero-order valence-electron chi connectivity index (χ0n) is 16.3. The van der Waals surface area contributed by atoms with Crippen LogP contribution in [0.3, 0.4) is 0 Å². The third-order valence-corrected chi connectivity index (χ3v) is 5.49. The predicted octanol–water partition coefficient (Wildman–Crippen LogP) is 3.72. The van der Waals surface area contributed by atoms with Gasteiger partial charge in [0.15, 0.2) is 0 Å². The first-order valence-electron chi connectivity index (χ1n) is 9.59. The minimum atomic E-state index is -4.69. The maximum absolute atomic E-state index is 12.3. The third-order valence-electron chi connectivity index (χ3n) is 5.49. The monoisotopic (exact) mass is 426 g/mol. The molecular formula is C19H21F3N4O4. The van der Waals surface area contributed by atoms with Crippen molar-refractivity contribution < 1.29 is 27.6 Å². The molecule has 8 nitrogen and oxygen atoms in total. The molecule has 1 aromatic heterocycles. The Kier molecular flexibility index (Phi) is 5.08. The van der Waals surface area contributed by atoms with E-state index in [9.17, 15) is 23.3 Å². The van der Waals surface area contributed by atoms with Crippen molar-refractivity contribution in [2.45, 2.75) is 44.2 Å². The molecule has 2 aromatic rings. The Balaban J connectivity index is 1.29. The summed E-state index contributed by atoms with van der Waals surface area (Å²) in [5, 5.41) is 10.8. The van der Waals surface area contributed by atoms with Gasteiger partial charge in [-0.25, -0.2) is 0 Å². The van der Waals surface area contributed by atoms with E-state index in [1.54, 1.807) is 16.7 Å². The van der Waals surface area contributed by atoms with E-state index >= 15 is 0 Å². The van der Waals surface area contributed by atoms with Gasteiger partial charge < -0.3 is 19.6 Å². The number of piperidine rings is 1. The fourth-order valence-corrected chi connectivity index (χ4v) is 4.20. The number of benzene rings is 1. The van der Waals surface area contributed by atoms with Gasteiger partial charge in [0.05, 0.1) is 6.54 Å². The molecule has 1 fully saturated rings. The second-order valence-electron chi connectivity index (χ2n) is 7.99. The number of hydrogen-bond donors (Lipinski definition) is 0. The summed E-state index contributed by atoms with van der Waals surface area (Å²) in [6, 6.07) is 6.34. The van der Waals surface area contributed by atoms with Crippen LogP contribution in [-0.4, -0.2) is 51.0 Å². The molecule has 0 radical (unpaired) electrons. The lowest BCUT2D eigenvalue weighted by atomic mass is 9.89. The number of hydrogen-bond acceptors (Lipinski definition) is 6. The number of likely N-dealkylation sites (tertiary alicyclic amines) is 1. The molecule has 30 heavy (non-hydrogen) atoms. The largest absolute Gasteiger partial charge is 0.573 e. The molecule has 2 aliphatic heterocycles. The molecule has 2 aliphatic rings. The number of nitro groups is 1. The van der Waals surface area contributed by atoms with Gasteiger partial charge in [-0.05, 0) is 61.4 Å². The smallest absolute Gasteiger partial charge is 0.436 e. The van der Waals surface area contributed by atoms with E-state index in [1.165, 1.54) is 18.3 Å². The highest BCUT2D eigenvalue weighted by molar-refractivity contribution is 5.30. The van der Waals surface area contributed by atoms with Gasteiger partial charge in [-0.15, -0.1) is 13.2 Å². The van der Waals surface area contributed by atoms with Crippen molar-refractivity contribution in [2.75, 3.05) is 19.6 Å². The summed E-state index contributed by atoms with van der Waals surface area (Å²) in [6.07, 6.45) is -1.54. The van der Waals surface area contributed by atoms with E-state index in [-0.39, 0.29) is 23.5 Å². The number of rotatable bonds is 5. The predicted molar refractivity (Wildman–Crippen MR) is 99.5 cm³/mol. The Bertz CT molecular complexity index is 897. The average molecular weight is 426 g/mol. The van der Waals surface area contributed by atoms with Gasteiger partial charge in [0.1, 0.15) is 17.5 Å². The van der Waals surface area contributed by atoms with Crippen molar-refractivity contribution in [1.82, 2.24) is 14.5 Å². The molecule has 1 atom stereocenters. The normalized spacial score (nSPS) is 22.5. The lowest BCUT2D eigenvalue weighted by Crippen LogP contribution is -2.47. The van der Waals surface area contributed by atoms with Crippen LogP contribution in [0, 0.1) is 10.1 Å². The standard InChI is InChI=1S/C19H21F3N4O4/c1-18(12-25-10-16(26(27)28)23-17(25)30-18)11-24-8-6-14(7-9-24)13-2-4-15(5-3-13)29-19(20,21)22/h2-5,10,14H,6-9,11-12H2,1H3/t18-/m0/s1. The van der Waals surface area contributed by atoms with Crippen LogP contribution >= 0.6 is 0 Å². The maximum Gasteiger partial charge on any atom is 0.573 e. The summed E-state index contributed by atoms with van der Waals surface area (Å²) < 4.78 is 48.3. The molecule has 0 spiro atoms. The average Bonchev–Trinajstić information content (AvgIpc) is 3.17. The molecule has 0 saturated carbocycles. The summed E-state index contributed by atoms with van der Waals surface area (Å²) in [6.45, 7) is 4.76. The van der Waals surface area contributed by atoms with Crippen LogP contribution in [0.2, 0.25) is 0 Å². The van der Waals surface area contributed by atoms with Crippen molar-refractivity contribution in [3.05, 3.63) is 46.1 Å². The molecule has 1 aromatic carbocycles. The summed E-state index contributed by atoms with van der Waals surface area (Å²) in [4.78, 5) is 16.5. The Labute approximate surface area is 170 Å². The zero-order chi connectivity index (χ0) is 21.5. The minimum Gasteiger partial charge on any atom is -0.436 e. The number of alkyl halides is 3. The quantitative estimate of drug-likeness (QED) is 0.535. The van der Waals surface area contributed by atoms with Crippen molar-refractivity contribution in [3.63, 3.8) is 0 Å². The van der Waals surface area contributed by atoms with Gasteiger partial charge in [0, 0.05) is 11.5 Å². The summed E-state index contributed by atoms with van der Waals surface area (Å²) in [5.74, 6) is -0.163. The first-order valence-corrected chi connectivity index (χ1v) is 9.59. The SMILES string of the molecule is C[C@]1(CN2CCC(c3ccc(OC(F)(F)F)cc3)CC2)Cn2cc([N+](=O)[O-])nc2O1. The summed E-state index contributed by atoms with van der Waals surface area (Å²) in [7, 11) is 0. The highest BCUT2D eigenvalue weighted by Crippen LogP contribution is 2.34. The van der Waals surface area contributed by atoms with Gasteiger partial charge in [0.25, 0.3) is 0 Å². The third kappa shape index (κ3) is 4.50. The highest BCUT2D eigenvalue weighted by Gasteiger charge is 2.42. The Morgan fingerprint density at radius 3 is 2.53 bits per heavy atom. The second-order valence-corrected chi connectivity index (χ2v) is 7.99. The fourth-order valence-electron chi connectivity index (χ4n) is 4.20. The van der Waals surface area contributed by atoms with E-state index in [0.717, 1.165) is 31.5 Å². The van der Waals surface area contributed by atoms with Crippen LogP contribution in [-0.2, 0) is 6.54 Å². The lowest BCUT2D eigenvalue weighted by Gasteiger charge is -2.36. The van der Waals surface area contributed by atoms with Gasteiger partial charge >= 0.3 is 18.2 Å². The molecule has 3 heterocycles. The molecule has 0 amide bonds. The molecule has 0 aliphatic carbocycles. The lowest BCUT2D eigenvalue weighted by molar-refractivity contribution is -0.389. The summed E-state index contributed by atoms with van der Waals surface area (Å²) in [5.41, 5.74) is 0.487. The van der Waals surface area contributed by atoms with Gasteiger partial charge in [-0.2, -0.15) is 0 Å². The second kappa shape index (κ2) is 7.46. The van der Waals surface area contributed by atoms with Crippen LogP contribution in [0.1, 0.15) is 31.2 Å². The van der Waals surface area contributed by atoms with Crippen LogP contribution in [0.4, 0.5) is 19.0 Å². The molecule has 1 saturated heterocycles. The van der Waals surface area contributed by atoms with Crippen molar-refractivity contribution in [1.29, 1.82) is 0 Å². The Hall–Kier alpha value is -2.82. The molecule has 11 heteroatoms. The van der Waals surface area contributed by atoms with E-state index in [2.05, 4.69) is 14.6 Å². The minimum absolute atomic E-state index is 0.215. The highest BCUT2D eigenvalue weighted by atomic mass is 19.4.